The lowest BCUT2D eigenvalue weighted by molar-refractivity contribution is -0.158. The van der Waals surface area contributed by atoms with Crippen molar-refractivity contribution in [2.45, 2.75) is 58.0 Å². The predicted octanol–water partition coefficient (Wildman–Crippen LogP) is -0.959. The lowest BCUT2D eigenvalue weighted by Crippen LogP contribution is -2.51. The molecule has 0 bridgehead atoms. The molecule has 0 radical (unpaired) electrons. The molecule has 4 atom stereocenters. The van der Waals surface area contributed by atoms with Gasteiger partial charge in [-0.3, -0.25) is 9.59 Å². The van der Waals surface area contributed by atoms with E-state index in [2.05, 4.69) is 0 Å². The minimum Gasteiger partial charge on any atom is -0.396 e. The Morgan fingerprint density at radius 2 is 1.68 bits per heavy atom. The van der Waals surface area contributed by atoms with Crippen LogP contribution < -0.4 is 0 Å². The monoisotopic (exact) mass is 318 g/mol. The van der Waals surface area contributed by atoms with Crippen molar-refractivity contribution in [2.24, 2.45) is 11.3 Å². The van der Waals surface area contributed by atoms with E-state index in [-0.39, 0.29) is 25.6 Å². The van der Waals surface area contributed by atoms with Crippen molar-refractivity contribution in [3.8, 4) is 0 Å². The summed E-state index contributed by atoms with van der Waals surface area (Å²) in [7, 11) is 0. The van der Waals surface area contributed by atoms with E-state index in [1.807, 2.05) is 0 Å². The molecule has 7 nitrogen and oxygen atoms in total. The summed E-state index contributed by atoms with van der Waals surface area (Å²) in [6.45, 7) is 6.12. The highest BCUT2D eigenvalue weighted by atomic mass is 16.5. The van der Waals surface area contributed by atoms with Crippen molar-refractivity contribution in [1.82, 2.24) is 0 Å². The van der Waals surface area contributed by atoms with E-state index in [0.29, 0.717) is 0 Å². The zero-order valence-electron chi connectivity index (χ0n) is 13.4. The Morgan fingerprint density at radius 3 is 2.05 bits per heavy atom. The smallest absolute Gasteiger partial charge is 0.204 e. The van der Waals surface area contributed by atoms with E-state index in [4.69, 9.17) is 9.84 Å². The van der Waals surface area contributed by atoms with Crippen LogP contribution in [-0.4, -0.2) is 69.1 Å². The molecule has 1 saturated carbocycles. The van der Waals surface area contributed by atoms with Crippen LogP contribution in [0.25, 0.3) is 0 Å². The molecule has 0 aromatic heterocycles. The van der Waals surface area contributed by atoms with Gasteiger partial charge in [0, 0.05) is 6.61 Å². The molecule has 4 N–H and O–H groups in total. The molecule has 1 fully saturated rings. The first-order chi connectivity index (χ1) is 10.1. The predicted molar refractivity (Wildman–Crippen MR) is 77.0 cm³/mol. The van der Waals surface area contributed by atoms with Crippen LogP contribution in [-0.2, 0) is 14.3 Å². The normalized spacial score (nSPS) is 27.6. The number of carbonyl (C=O) groups is 2. The van der Waals surface area contributed by atoms with E-state index < -0.39 is 40.9 Å². The minimum absolute atomic E-state index is 0.0209. The second-order valence-corrected chi connectivity index (χ2v) is 6.60. The molecular formula is C15H26O7. The van der Waals surface area contributed by atoms with Crippen molar-refractivity contribution in [3.63, 3.8) is 0 Å². The number of aliphatic hydroxyl groups excluding tert-OH is 4. The molecule has 0 aliphatic heterocycles. The number of ether oxygens (including phenoxy) is 1. The number of ketones is 2. The molecule has 0 spiro atoms. The SMILES string of the molecule is CC(C)C(O)[C@@H](O)[C@@H](O)C(=O)[C@]1(OCCCO)C(=O)C1(C)C. The van der Waals surface area contributed by atoms with Gasteiger partial charge >= 0.3 is 0 Å². The van der Waals surface area contributed by atoms with Crippen molar-refractivity contribution in [1.29, 1.82) is 0 Å². The van der Waals surface area contributed by atoms with Crippen LogP contribution >= 0.6 is 0 Å². The summed E-state index contributed by atoms with van der Waals surface area (Å²) < 4.78 is 5.37. The Kier molecular flexibility index (Phi) is 5.86. The maximum atomic E-state index is 12.5. The topological polar surface area (TPSA) is 124 Å². The van der Waals surface area contributed by atoms with E-state index in [9.17, 15) is 24.9 Å². The van der Waals surface area contributed by atoms with Gasteiger partial charge in [-0.1, -0.05) is 13.8 Å². The first-order valence-corrected chi connectivity index (χ1v) is 7.44. The van der Waals surface area contributed by atoms with Crippen LogP contribution in [0.1, 0.15) is 34.1 Å². The standard InChI is InChI=1S/C15H26O7/c1-8(2)9(17)10(18)11(19)12(20)15(22-7-5-6-16)13(21)14(15,3)4/h8-11,16-19H,5-7H2,1-4H3/t9?,10-,11-,15+/m1/s1. The van der Waals surface area contributed by atoms with Gasteiger partial charge in [0.2, 0.25) is 5.78 Å². The van der Waals surface area contributed by atoms with Crippen molar-refractivity contribution >= 4 is 11.6 Å². The second kappa shape index (κ2) is 6.72. The molecular weight excluding hydrogens is 292 g/mol. The fourth-order valence-electron chi connectivity index (χ4n) is 2.55. The summed E-state index contributed by atoms with van der Waals surface area (Å²) in [5, 5.41) is 38.5. The summed E-state index contributed by atoms with van der Waals surface area (Å²) in [5.41, 5.74) is -2.93. The molecule has 0 saturated heterocycles. The van der Waals surface area contributed by atoms with Gasteiger partial charge in [-0.15, -0.1) is 0 Å². The number of aliphatic hydroxyl groups is 4. The van der Waals surface area contributed by atoms with E-state index in [1.165, 1.54) is 13.8 Å². The van der Waals surface area contributed by atoms with Crippen LogP contribution in [0, 0.1) is 11.3 Å². The largest absolute Gasteiger partial charge is 0.396 e. The average molecular weight is 318 g/mol. The lowest BCUT2D eigenvalue weighted by Gasteiger charge is -2.27. The molecule has 1 unspecified atom stereocenters. The number of carbonyl (C=O) groups excluding carboxylic acids is 2. The van der Waals surface area contributed by atoms with Gasteiger partial charge in [-0.25, -0.2) is 0 Å². The highest BCUT2D eigenvalue weighted by Gasteiger charge is 2.78. The summed E-state index contributed by atoms with van der Waals surface area (Å²) in [6, 6.07) is 0. The Bertz CT molecular complexity index is 432. The summed E-state index contributed by atoms with van der Waals surface area (Å²) in [4.78, 5) is 24.6. The van der Waals surface area contributed by atoms with Crippen LogP contribution in [0.3, 0.4) is 0 Å². The summed E-state index contributed by atoms with van der Waals surface area (Å²) >= 11 is 0. The van der Waals surface area contributed by atoms with Gasteiger partial charge in [0.15, 0.2) is 11.4 Å². The molecule has 1 aliphatic carbocycles. The lowest BCUT2D eigenvalue weighted by atomic mass is 9.91. The molecule has 128 valence electrons. The number of hydrogen-bond acceptors (Lipinski definition) is 7. The van der Waals surface area contributed by atoms with Crippen molar-refractivity contribution in [2.75, 3.05) is 13.2 Å². The van der Waals surface area contributed by atoms with Gasteiger partial charge < -0.3 is 25.2 Å². The fraction of sp³-hybridized carbons (Fsp3) is 0.867. The van der Waals surface area contributed by atoms with E-state index >= 15 is 0 Å². The Hall–Kier alpha value is -0.860. The Morgan fingerprint density at radius 1 is 1.18 bits per heavy atom. The molecule has 22 heavy (non-hydrogen) atoms. The van der Waals surface area contributed by atoms with Gasteiger partial charge in [0.25, 0.3) is 0 Å². The first kappa shape index (κ1) is 19.2. The zero-order valence-corrected chi connectivity index (χ0v) is 13.4. The molecule has 0 aromatic carbocycles. The average Bonchev–Trinajstić information content (AvgIpc) is 2.90. The van der Waals surface area contributed by atoms with Gasteiger partial charge in [-0.05, 0) is 26.2 Å². The molecule has 1 aliphatic rings. The third kappa shape index (κ3) is 2.96. The molecule has 1 rings (SSSR count). The summed E-state index contributed by atoms with van der Waals surface area (Å²) in [6.07, 6.45) is -4.68. The maximum absolute atomic E-state index is 12.5. The van der Waals surface area contributed by atoms with Crippen LogP contribution in [0.15, 0.2) is 0 Å². The zero-order chi connectivity index (χ0) is 17.3. The molecule has 0 aromatic rings. The van der Waals surface area contributed by atoms with Crippen molar-refractivity contribution < 1.29 is 34.8 Å². The van der Waals surface area contributed by atoms with Gasteiger partial charge in [-0.2, -0.15) is 0 Å². The first-order valence-electron chi connectivity index (χ1n) is 7.44. The fourth-order valence-corrected chi connectivity index (χ4v) is 2.55. The van der Waals surface area contributed by atoms with Crippen LogP contribution in [0.2, 0.25) is 0 Å². The quantitative estimate of drug-likeness (QED) is 0.319. The second-order valence-electron chi connectivity index (χ2n) is 6.60. The van der Waals surface area contributed by atoms with E-state index in [0.717, 1.165) is 0 Å². The minimum atomic E-state index is -1.92. The third-order valence-corrected chi connectivity index (χ3v) is 4.30. The van der Waals surface area contributed by atoms with Gasteiger partial charge in [0.1, 0.15) is 12.2 Å². The van der Waals surface area contributed by atoms with E-state index in [1.54, 1.807) is 13.8 Å². The summed E-state index contributed by atoms with van der Waals surface area (Å²) in [5.74, 6) is -1.80. The molecule has 0 amide bonds. The maximum Gasteiger partial charge on any atom is 0.204 e. The third-order valence-electron chi connectivity index (χ3n) is 4.30. The number of Topliss-reactive ketones (excluding diaryl/α,β-unsaturated/α-hetero) is 2. The van der Waals surface area contributed by atoms with Crippen LogP contribution in [0.5, 0.6) is 0 Å². The number of hydrogen-bond donors (Lipinski definition) is 4. The Labute approximate surface area is 129 Å². The highest BCUT2D eigenvalue weighted by Crippen LogP contribution is 2.55. The Balaban J connectivity index is 2.93. The van der Waals surface area contributed by atoms with Crippen LogP contribution in [0.4, 0.5) is 0 Å². The van der Waals surface area contributed by atoms with Crippen molar-refractivity contribution in [3.05, 3.63) is 0 Å². The van der Waals surface area contributed by atoms with Gasteiger partial charge in [0.05, 0.1) is 18.1 Å². The highest BCUT2D eigenvalue weighted by molar-refractivity contribution is 6.29. The molecule has 0 heterocycles. The molecule has 7 heteroatoms. The number of rotatable bonds is 9.